The van der Waals surface area contributed by atoms with Gasteiger partial charge in [0.05, 0.1) is 0 Å². The summed E-state index contributed by atoms with van der Waals surface area (Å²) in [6.45, 7) is 7.02. The van der Waals surface area contributed by atoms with Crippen molar-refractivity contribution in [2.75, 3.05) is 26.2 Å². The molecule has 1 amide bonds. The molecule has 1 aromatic carbocycles. The number of halogens is 1. The van der Waals surface area contributed by atoms with Gasteiger partial charge in [-0.3, -0.25) is 9.69 Å². The molecule has 1 aliphatic rings. The van der Waals surface area contributed by atoms with Crippen LogP contribution in [0.25, 0.3) is 0 Å². The molecule has 1 aliphatic heterocycles. The highest BCUT2D eigenvalue weighted by Gasteiger charge is 2.32. The van der Waals surface area contributed by atoms with Gasteiger partial charge in [0, 0.05) is 32.7 Å². The number of amides is 1. The number of nitrogens with zero attached hydrogens (tertiary/aromatic N) is 2. The van der Waals surface area contributed by atoms with E-state index >= 15 is 0 Å². The number of nitrogens with one attached hydrogen (secondary N) is 1. The third kappa shape index (κ3) is 5.87. The summed E-state index contributed by atoms with van der Waals surface area (Å²) in [4.78, 5) is 17.2. The first-order valence-electron chi connectivity index (χ1n) is 10.1. The highest BCUT2D eigenvalue weighted by atomic mass is 32.2. The molecule has 1 atom stereocenters. The SMILES string of the molecule is CC(C)C(NS(=O)(=O)c1cccs1)C(=O)N1CCCN(Cc2ccc(F)cc2)CC1. The van der Waals surface area contributed by atoms with Gasteiger partial charge in [0.15, 0.2) is 0 Å². The lowest BCUT2D eigenvalue weighted by Crippen LogP contribution is -2.51. The summed E-state index contributed by atoms with van der Waals surface area (Å²) in [6, 6.07) is 8.87. The van der Waals surface area contributed by atoms with Gasteiger partial charge >= 0.3 is 0 Å². The number of hydrogen-bond donors (Lipinski definition) is 1. The molecule has 1 fully saturated rings. The van der Waals surface area contributed by atoms with Crippen LogP contribution in [0.2, 0.25) is 0 Å². The molecular weight excluding hydrogens is 425 g/mol. The van der Waals surface area contributed by atoms with Crippen molar-refractivity contribution < 1.29 is 17.6 Å². The Morgan fingerprint density at radius 1 is 1.13 bits per heavy atom. The summed E-state index contributed by atoms with van der Waals surface area (Å²) in [5, 5.41) is 1.70. The normalized spacial score (nSPS) is 17.1. The molecule has 3 rings (SSSR count). The van der Waals surface area contributed by atoms with Gasteiger partial charge in [-0.2, -0.15) is 4.72 Å². The van der Waals surface area contributed by atoms with E-state index in [0.717, 1.165) is 29.9 Å². The summed E-state index contributed by atoms with van der Waals surface area (Å²) < 4.78 is 41.2. The zero-order chi connectivity index (χ0) is 21.7. The quantitative estimate of drug-likeness (QED) is 0.700. The van der Waals surface area contributed by atoms with Gasteiger partial charge < -0.3 is 4.90 Å². The molecule has 0 aliphatic carbocycles. The van der Waals surface area contributed by atoms with E-state index in [1.165, 1.54) is 18.2 Å². The minimum absolute atomic E-state index is 0.175. The zero-order valence-corrected chi connectivity index (χ0v) is 18.9. The monoisotopic (exact) mass is 453 g/mol. The van der Waals surface area contributed by atoms with Crippen molar-refractivity contribution >= 4 is 27.3 Å². The summed E-state index contributed by atoms with van der Waals surface area (Å²) in [6.07, 6.45) is 0.801. The average molecular weight is 454 g/mol. The maximum absolute atomic E-state index is 13.2. The van der Waals surface area contributed by atoms with E-state index in [0.29, 0.717) is 26.2 Å². The lowest BCUT2D eigenvalue weighted by atomic mass is 10.0. The van der Waals surface area contributed by atoms with Crippen LogP contribution in [0.15, 0.2) is 46.0 Å². The van der Waals surface area contributed by atoms with Gasteiger partial charge in [0.2, 0.25) is 5.91 Å². The van der Waals surface area contributed by atoms with Gasteiger partial charge in [-0.15, -0.1) is 11.3 Å². The van der Waals surface area contributed by atoms with Crippen molar-refractivity contribution in [3.05, 3.63) is 53.2 Å². The van der Waals surface area contributed by atoms with Crippen molar-refractivity contribution in [3.63, 3.8) is 0 Å². The molecular formula is C21H28FN3O3S2. The first-order chi connectivity index (χ1) is 14.3. The van der Waals surface area contributed by atoms with Crippen molar-refractivity contribution in [1.82, 2.24) is 14.5 Å². The Labute approximate surface area is 181 Å². The van der Waals surface area contributed by atoms with Crippen LogP contribution >= 0.6 is 11.3 Å². The fourth-order valence-electron chi connectivity index (χ4n) is 3.51. The topological polar surface area (TPSA) is 69.7 Å². The molecule has 1 aromatic heterocycles. The van der Waals surface area contributed by atoms with Gasteiger partial charge in [-0.05, 0) is 41.5 Å². The van der Waals surface area contributed by atoms with Crippen LogP contribution < -0.4 is 4.72 Å². The summed E-state index contributed by atoms with van der Waals surface area (Å²) in [5.74, 6) is -0.615. The third-order valence-electron chi connectivity index (χ3n) is 5.19. The Morgan fingerprint density at radius 3 is 2.50 bits per heavy atom. The van der Waals surface area contributed by atoms with E-state index in [4.69, 9.17) is 0 Å². The number of rotatable bonds is 7. The minimum atomic E-state index is -3.73. The molecule has 1 unspecified atom stereocenters. The Bertz CT molecular complexity index is 931. The Balaban J connectivity index is 1.63. The van der Waals surface area contributed by atoms with E-state index in [1.807, 2.05) is 13.8 Å². The van der Waals surface area contributed by atoms with Crippen LogP contribution in [0.5, 0.6) is 0 Å². The fourth-order valence-corrected chi connectivity index (χ4v) is 5.85. The molecule has 164 valence electrons. The molecule has 0 bridgehead atoms. The molecule has 0 spiro atoms. The largest absolute Gasteiger partial charge is 0.340 e. The molecule has 0 saturated carbocycles. The van der Waals surface area contributed by atoms with Crippen LogP contribution in [-0.4, -0.2) is 56.3 Å². The van der Waals surface area contributed by atoms with Gasteiger partial charge in [-0.25, -0.2) is 12.8 Å². The lowest BCUT2D eigenvalue weighted by Gasteiger charge is -2.28. The van der Waals surface area contributed by atoms with Crippen LogP contribution in [0.4, 0.5) is 4.39 Å². The van der Waals surface area contributed by atoms with Crippen LogP contribution in [-0.2, 0) is 21.4 Å². The maximum Gasteiger partial charge on any atom is 0.250 e. The second-order valence-electron chi connectivity index (χ2n) is 7.86. The second kappa shape index (κ2) is 10.00. The molecule has 2 aromatic rings. The molecule has 2 heterocycles. The predicted octanol–water partition coefficient (Wildman–Crippen LogP) is 2.92. The summed E-state index contributed by atoms with van der Waals surface area (Å²) in [7, 11) is -3.73. The summed E-state index contributed by atoms with van der Waals surface area (Å²) >= 11 is 1.13. The van der Waals surface area contributed by atoms with Gasteiger partial charge in [-0.1, -0.05) is 32.0 Å². The van der Waals surface area contributed by atoms with E-state index < -0.39 is 16.1 Å². The van der Waals surface area contributed by atoms with E-state index in [9.17, 15) is 17.6 Å². The number of thiophene rings is 1. The Hall–Kier alpha value is -1.81. The zero-order valence-electron chi connectivity index (χ0n) is 17.3. The van der Waals surface area contributed by atoms with E-state index in [-0.39, 0.29) is 21.9 Å². The van der Waals surface area contributed by atoms with Crippen molar-refractivity contribution in [2.45, 2.75) is 37.1 Å². The molecule has 0 radical (unpaired) electrons. The highest BCUT2D eigenvalue weighted by molar-refractivity contribution is 7.91. The Kier molecular flexibility index (Phi) is 7.62. The molecule has 1 saturated heterocycles. The second-order valence-corrected chi connectivity index (χ2v) is 10.7. The number of carbonyl (C=O) groups excluding carboxylic acids is 1. The molecule has 1 N–H and O–H groups in total. The first kappa shape index (κ1) is 22.9. The van der Waals surface area contributed by atoms with Crippen molar-refractivity contribution in [2.24, 2.45) is 5.92 Å². The molecule has 30 heavy (non-hydrogen) atoms. The van der Waals surface area contributed by atoms with Crippen LogP contribution in [0.3, 0.4) is 0 Å². The molecule has 9 heteroatoms. The maximum atomic E-state index is 13.2. The number of carbonyl (C=O) groups is 1. The van der Waals surface area contributed by atoms with Gasteiger partial charge in [0.1, 0.15) is 16.1 Å². The van der Waals surface area contributed by atoms with E-state index in [2.05, 4.69) is 9.62 Å². The van der Waals surface area contributed by atoms with Crippen LogP contribution in [0.1, 0.15) is 25.8 Å². The van der Waals surface area contributed by atoms with Gasteiger partial charge in [0.25, 0.3) is 10.0 Å². The predicted molar refractivity (Wildman–Crippen MR) is 116 cm³/mol. The highest BCUT2D eigenvalue weighted by Crippen LogP contribution is 2.19. The first-order valence-corrected chi connectivity index (χ1v) is 12.4. The lowest BCUT2D eigenvalue weighted by molar-refractivity contribution is -0.133. The average Bonchev–Trinajstić information content (AvgIpc) is 3.16. The fraction of sp³-hybridized carbons (Fsp3) is 0.476. The van der Waals surface area contributed by atoms with Crippen molar-refractivity contribution in [1.29, 1.82) is 0 Å². The third-order valence-corrected chi connectivity index (χ3v) is 8.03. The van der Waals surface area contributed by atoms with E-state index in [1.54, 1.807) is 28.5 Å². The summed E-state index contributed by atoms with van der Waals surface area (Å²) in [5.41, 5.74) is 1.03. The number of hydrogen-bond acceptors (Lipinski definition) is 5. The standard InChI is InChI=1S/C21H28FN3O3S2/c1-16(2)20(23-30(27,28)19-5-3-14-29-19)21(26)25-11-4-10-24(12-13-25)15-17-6-8-18(22)9-7-17/h3,5-9,14,16,20,23H,4,10-13,15H2,1-2H3. The smallest absolute Gasteiger partial charge is 0.250 e. The number of sulfonamides is 1. The Morgan fingerprint density at radius 2 is 1.87 bits per heavy atom. The minimum Gasteiger partial charge on any atom is -0.340 e. The number of benzene rings is 1. The van der Waals surface area contributed by atoms with Crippen LogP contribution in [0, 0.1) is 11.7 Å². The van der Waals surface area contributed by atoms with Crippen molar-refractivity contribution in [3.8, 4) is 0 Å². The molecule has 6 nitrogen and oxygen atoms in total.